The Bertz CT molecular complexity index is 539. The van der Waals surface area contributed by atoms with Crippen LogP contribution in [-0.2, 0) is 6.42 Å². The third-order valence-electron chi connectivity index (χ3n) is 2.27. The lowest BCUT2D eigenvalue weighted by molar-refractivity contribution is 0.0951. The summed E-state index contributed by atoms with van der Waals surface area (Å²) in [7, 11) is 0. The first-order chi connectivity index (χ1) is 8.66. The van der Waals surface area contributed by atoms with Gasteiger partial charge in [0.25, 0.3) is 5.91 Å². The number of carbonyl (C=O) groups excluding carboxylic acids is 1. The summed E-state index contributed by atoms with van der Waals surface area (Å²) in [5, 5.41) is 24.8. The fourth-order valence-electron chi connectivity index (χ4n) is 1.40. The van der Waals surface area contributed by atoms with Crippen molar-refractivity contribution in [2.24, 2.45) is 0 Å². The number of hydrogen-bond acceptors (Lipinski definition) is 6. The maximum absolute atomic E-state index is 11.7. The van der Waals surface area contributed by atoms with E-state index >= 15 is 0 Å². The van der Waals surface area contributed by atoms with Crippen molar-refractivity contribution in [3.8, 4) is 11.5 Å². The van der Waals surface area contributed by atoms with Gasteiger partial charge in [-0.2, -0.15) is 4.98 Å². The molecule has 0 aliphatic heterocycles. The maximum atomic E-state index is 11.7. The number of benzene rings is 1. The Morgan fingerprint density at radius 2 is 2.22 bits per heavy atom. The number of aromatic nitrogens is 2. The Morgan fingerprint density at radius 1 is 1.39 bits per heavy atom. The summed E-state index contributed by atoms with van der Waals surface area (Å²) >= 11 is 0. The summed E-state index contributed by atoms with van der Waals surface area (Å²) in [4.78, 5) is 15.5. The van der Waals surface area contributed by atoms with E-state index in [4.69, 9.17) is 5.11 Å². The number of rotatable bonds is 4. The van der Waals surface area contributed by atoms with Crippen molar-refractivity contribution in [1.29, 1.82) is 0 Å². The molecule has 0 spiro atoms. The maximum Gasteiger partial charge on any atom is 0.255 e. The first kappa shape index (κ1) is 11.9. The van der Waals surface area contributed by atoms with Gasteiger partial charge in [0, 0.05) is 19.0 Å². The smallest absolute Gasteiger partial charge is 0.255 e. The van der Waals surface area contributed by atoms with Crippen molar-refractivity contribution in [3.63, 3.8) is 0 Å². The van der Waals surface area contributed by atoms with Gasteiger partial charge >= 0.3 is 0 Å². The van der Waals surface area contributed by atoms with E-state index in [9.17, 15) is 9.90 Å². The minimum atomic E-state index is -0.434. The van der Waals surface area contributed by atoms with Gasteiger partial charge in [0.05, 0.1) is 5.56 Å². The van der Waals surface area contributed by atoms with E-state index in [0.29, 0.717) is 18.8 Å². The number of carbonyl (C=O) groups is 1. The predicted octanol–water partition coefficient (Wildman–Crippen LogP) is 0.453. The molecule has 0 saturated heterocycles. The molecule has 0 saturated carbocycles. The van der Waals surface area contributed by atoms with Gasteiger partial charge in [-0.3, -0.25) is 4.79 Å². The number of aromatic hydroxyl groups is 2. The first-order valence-corrected chi connectivity index (χ1v) is 5.22. The van der Waals surface area contributed by atoms with E-state index in [1.807, 2.05) is 0 Å². The molecule has 0 radical (unpaired) electrons. The molecule has 1 aromatic carbocycles. The number of nitrogens with one attached hydrogen (secondary N) is 1. The van der Waals surface area contributed by atoms with Crippen LogP contribution in [0.15, 0.2) is 29.1 Å². The highest BCUT2D eigenvalue weighted by molar-refractivity contribution is 5.96. The summed E-state index contributed by atoms with van der Waals surface area (Å²) in [5.41, 5.74) is 0.0981. The van der Waals surface area contributed by atoms with Crippen LogP contribution in [-0.4, -0.2) is 32.8 Å². The second-order valence-electron chi connectivity index (χ2n) is 3.55. The second-order valence-corrected chi connectivity index (χ2v) is 3.55. The Labute approximate surface area is 102 Å². The molecule has 2 rings (SSSR count). The molecule has 0 unspecified atom stereocenters. The van der Waals surface area contributed by atoms with Crippen LogP contribution in [0.1, 0.15) is 16.2 Å². The zero-order chi connectivity index (χ0) is 13.0. The quantitative estimate of drug-likeness (QED) is 0.726. The molecule has 7 heteroatoms. The molecule has 3 N–H and O–H groups in total. The SMILES string of the molecule is O=C(NCCc1ncon1)c1ccc(O)cc1O. The van der Waals surface area contributed by atoms with Crippen LogP contribution in [0.4, 0.5) is 0 Å². The molecule has 2 aromatic rings. The van der Waals surface area contributed by atoms with E-state index in [0.717, 1.165) is 6.07 Å². The van der Waals surface area contributed by atoms with Crippen molar-refractivity contribution in [2.45, 2.75) is 6.42 Å². The first-order valence-electron chi connectivity index (χ1n) is 5.22. The molecule has 18 heavy (non-hydrogen) atoms. The minimum Gasteiger partial charge on any atom is -0.508 e. The Kier molecular flexibility index (Phi) is 3.42. The highest BCUT2D eigenvalue weighted by Gasteiger charge is 2.11. The van der Waals surface area contributed by atoms with E-state index < -0.39 is 5.91 Å². The Hall–Kier alpha value is -2.57. The average molecular weight is 249 g/mol. The van der Waals surface area contributed by atoms with Crippen LogP contribution in [0.25, 0.3) is 0 Å². The fourth-order valence-corrected chi connectivity index (χ4v) is 1.40. The predicted molar refractivity (Wildman–Crippen MR) is 60.1 cm³/mol. The van der Waals surface area contributed by atoms with E-state index in [1.54, 1.807) is 0 Å². The lowest BCUT2D eigenvalue weighted by atomic mass is 10.2. The summed E-state index contributed by atoms with van der Waals surface area (Å²) in [6, 6.07) is 3.77. The van der Waals surface area contributed by atoms with Crippen molar-refractivity contribution in [2.75, 3.05) is 6.54 Å². The van der Waals surface area contributed by atoms with Gasteiger partial charge < -0.3 is 20.1 Å². The number of phenols is 2. The highest BCUT2D eigenvalue weighted by Crippen LogP contribution is 2.22. The van der Waals surface area contributed by atoms with Crippen LogP contribution in [0.3, 0.4) is 0 Å². The number of amides is 1. The zero-order valence-electron chi connectivity index (χ0n) is 9.33. The van der Waals surface area contributed by atoms with E-state index in [2.05, 4.69) is 20.0 Å². The number of phenolic OH excluding ortho intramolecular Hbond substituents is 2. The molecule has 7 nitrogen and oxygen atoms in total. The minimum absolute atomic E-state index is 0.0981. The Balaban J connectivity index is 1.91. The topological polar surface area (TPSA) is 108 Å². The van der Waals surface area contributed by atoms with Crippen LogP contribution >= 0.6 is 0 Å². The third-order valence-corrected chi connectivity index (χ3v) is 2.27. The molecule has 1 heterocycles. The van der Waals surface area contributed by atoms with Gasteiger partial charge in [-0.1, -0.05) is 5.16 Å². The molecule has 94 valence electrons. The van der Waals surface area contributed by atoms with Crippen molar-refractivity contribution in [3.05, 3.63) is 36.0 Å². The van der Waals surface area contributed by atoms with Gasteiger partial charge in [-0.05, 0) is 12.1 Å². The van der Waals surface area contributed by atoms with Gasteiger partial charge in [-0.25, -0.2) is 0 Å². The van der Waals surface area contributed by atoms with Gasteiger partial charge in [0.2, 0.25) is 6.39 Å². The zero-order valence-corrected chi connectivity index (χ0v) is 9.33. The molecular weight excluding hydrogens is 238 g/mol. The van der Waals surface area contributed by atoms with Crippen LogP contribution in [0.5, 0.6) is 11.5 Å². The molecule has 0 atom stereocenters. The molecular formula is C11H11N3O4. The molecule has 0 aliphatic rings. The molecule has 0 aliphatic carbocycles. The van der Waals surface area contributed by atoms with Gasteiger partial charge in [0.15, 0.2) is 5.82 Å². The summed E-state index contributed by atoms with van der Waals surface area (Å²) in [5.74, 6) is -0.316. The van der Waals surface area contributed by atoms with E-state index in [1.165, 1.54) is 18.5 Å². The Morgan fingerprint density at radius 3 is 2.89 bits per heavy atom. The van der Waals surface area contributed by atoms with Crippen molar-refractivity contribution in [1.82, 2.24) is 15.5 Å². The lowest BCUT2D eigenvalue weighted by Crippen LogP contribution is -2.25. The fraction of sp³-hybridized carbons (Fsp3) is 0.182. The summed E-state index contributed by atoms with van der Waals surface area (Å²) in [6.07, 6.45) is 1.64. The molecule has 0 bridgehead atoms. The normalized spacial score (nSPS) is 10.2. The van der Waals surface area contributed by atoms with Crippen LogP contribution in [0, 0.1) is 0 Å². The molecule has 1 amide bonds. The van der Waals surface area contributed by atoms with Crippen LogP contribution in [0.2, 0.25) is 0 Å². The monoisotopic (exact) mass is 249 g/mol. The van der Waals surface area contributed by atoms with Crippen LogP contribution < -0.4 is 5.32 Å². The van der Waals surface area contributed by atoms with Gasteiger partial charge in [-0.15, -0.1) is 0 Å². The third kappa shape index (κ3) is 2.76. The van der Waals surface area contributed by atoms with Gasteiger partial charge in [0.1, 0.15) is 11.5 Å². The largest absolute Gasteiger partial charge is 0.508 e. The van der Waals surface area contributed by atoms with Crippen molar-refractivity contribution >= 4 is 5.91 Å². The second kappa shape index (κ2) is 5.17. The van der Waals surface area contributed by atoms with E-state index in [-0.39, 0.29) is 17.1 Å². The summed E-state index contributed by atoms with van der Waals surface area (Å²) < 4.78 is 4.55. The molecule has 1 aromatic heterocycles. The standard InChI is InChI=1S/C11H11N3O4/c15-7-1-2-8(9(16)5-7)11(17)12-4-3-10-13-6-18-14-10/h1-2,5-6,15-16H,3-4H2,(H,12,17). The van der Waals surface area contributed by atoms with Crippen molar-refractivity contribution < 1.29 is 19.5 Å². The average Bonchev–Trinajstić information content (AvgIpc) is 2.81. The summed E-state index contributed by atoms with van der Waals surface area (Å²) in [6.45, 7) is 0.318. The highest BCUT2D eigenvalue weighted by atomic mass is 16.5. The number of nitrogens with zero attached hydrogens (tertiary/aromatic N) is 2. The number of hydrogen-bond donors (Lipinski definition) is 3. The molecule has 0 fully saturated rings. The lowest BCUT2D eigenvalue weighted by Gasteiger charge is -2.05.